The van der Waals surface area contributed by atoms with Crippen molar-refractivity contribution in [3.63, 3.8) is 0 Å². The van der Waals surface area contributed by atoms with Gasteiger partial charge in [-0.05, 0) is 23.8 Å². The van der Waals surface area contributed by atoms with Gasteiger partial charge in [-0.25, -0.2) is 10.2 Å². The second-order valence-electron chi connectivity index (χ2n) is 4.13. The Kier molecular flexibility index (Phi) is 4.37. The summed E-state index contributed by atoms with van der Waals surface area (Å²) in [5, 5.41) is 13.1. The van der Waals surface area contributed by atoms with Crippen molar-refractivity contribution in [2.75, 3.05) is 7.11 Å². The molecule has 2 aromatic rings. The van der Waals surface area contributed by atoms with Crippen LogP contribution in [0.1, 0.15) is 16.1 Å². The fourth-order valence-electron chi connectivity index (χ4n) is 1.59. The number of phenolic OH excluding ortho intramolecular Hbond substituents is 1. The molecule has 0 spiro atoms. The molecule has 0 aliphatic heterocycles. The third-order valence-corrected chi connectivity index (χ3v) is 2.59. The number of aromatic nitrogens is 2. The second kappa shape index (κ2) is 6.39. The number of rotatable bonds is 4. The van der Waals surface area contributed by atoms with Gasteiger partial charge in [0.05, 0.1) is 13.3 Å². The summed E-state index contributed by atoms with van der Waals surface area (Å²) in [4.78, 5) is 37.9. The lowest BCUT2D eigenvalue weighted by atomic mass is 10.2. The van der Waals surface area contributed by atoms with Gasteiger partial charge >= 0.3 is 5.69 Å². The Morgan fingerprint density at radius 3 is 2.77 bits per heavy atom. The minimum Gasteiger partial charge on any atom is -0.504 e. The van der Waals surface area contributed by atoms with Crippen molar-refractivity contribution >= 4 is 12.1 Å². The van der Waals surface area contributed by atoms with Gasteiger partial charge in [-0.15, -0.1) is 0 Å². The van der Waals surface area contributed by atoms with E-state index >= 15 is 0 Å². The molecule has 9 nitrogen and oxygen atoms in total. The van der Waals surface area contributed by atoms with Crippen molar-refractivity contribution in [1.82, 2.24) is 15.4 Å². The van der Waals surface area contributed by atoms with E-state index in [2.05, 4.69) is 15.5 Å². The van der Waals surface area contributed by atoms with Crippen molar-refractivity contribution in [2.45, 2.75) is 0 Å². The van der Waals surface area contributed by atoms with Gasteiger partial charge in [0.25, 0.3) is 11.5 Å². The molecule has 0 atom stereocenters. The third kappa shape index (κ3) is 3.60. The highest BCUT2D eigenvalue weighted by atomic mass is 16.5. The number of H-pyrrole nitrogens is 2. The van der Waals surface area contributed by atoms with Gasteiger partial charge in [-0.3, -0.25) is 14.6 Å². The number of amides is 1. The highest BCUT2D eigenvalue weighted by molar-refractivity contribution is 5.93. The van der Waals surface area contributed by atoms with E-state index in [0.717, 1.165) is 6.07 Å². The zero-order valence-electron chi connectivity index (χ0n) is 11.4. The molecule has 0 saturated heterocycles. The first-order valence-corrected chi connectivity index (χ1v) is 6.03. The number of nitrogens with zero attached hydrogens (tertiary/aromatic N) is 1. The summed E-state index contributed by atoms with van der Waals surface area (Å²) in [7, 11) is 1.40. The van der Waals surface area contributed by atoms with E-state index in [1.165, 1.54) is 25.5 Å². The van der Waals surface area contributed by atoms with Gasteiger partial charge < -0.3 is 14.8 Å². The molecular weight excluding hydrogens is 292 g/mol. The summed E-state index contributed by atoms with van der Waals surface area (Å²) >= 11 is 0. The summed E-state index contributed by atoms with van der Waals surface area (Å²) in [6.07, 6.45) is 1.31. The monoisotopic (exact) mass is 304 g/mol. The van der Waals surface area contributed by atoms with Crippen LogP contribution in [0.4, 0.5) is 0 Å². The number of carbonyl (C=O) groups is 1. The molecule has 0 unspecified atom stereocenters. The van der Waals surface area contributed by atoms with Crippen LogP contribution in [0.2, 0.25) is 0 Å². The predicted octanol–water partition coefficient (Wildman–Crippen LogP) is -0.459. The molecule has 9 heteroatoms. The molecule has 1 amide bonds. The lowest BCUT2D eigenvalue weighted by molar-refractivity contribution is 0.0949. The molecule has 0 aliphatic rings. The van der Waals surface area contributed by atoms with Crippen LogP contribution in [0.5, 0.6) is 11.5 Å². The fraction of sp³-hybridized carbons (Fsp3) is 0.0769. The molecule has 4 N–H and O–H groups in total. The average molecular weight is 304 g/mol. The molecule has 1 aromatic carbocycles. The maximum atomic E-state index is 11.7. The molecule has 0 radical (unpaired) electrons. The van der Waals surface area contributed by atoms with Crippen LogP contribution in [0.3, 0.4) is 0 Å². The summed E-state index contributed by atoms with van der Waals surface area (Å²) in [5.41, 5.74) is 1.03. The van der Waals surface area contributed by atoms with Crippen molar-refractivity contribution in [1.29, 1.82) is 0 Å². The third-order valence-electron chi connectivity index (χ3n) is 2.59. The van der Waals surface area contributed by atoms with Gasteiger partial charge in [-0.1, -0.05) is 0 Å². The van der Waals surface area contributed by atoms with E-state index in [1.54, 1.807) is 6.07 Å². The SMILES string of the molecule is COc1cc(C=NNC(=O)c2cc(=O)[nH]c(=O)[nH]2)ccc1O. The number of aromatic amines is 2. The molecule has 0 fully saturated rings. The van der Waals surface area contributed by atoms with Crippen molar-refractivity contribution in [2.24, 2.45) is 5.10 Å². The van der Waals surface area contributed by atoms with Crippen LogP contribution in [-0.4, -0.2) is 34.3 Å². The predicted molar refractivity (Wildman–Crippen MR) is 77.4 cm³/mol. The number of phenols is 1. The second-order valence-corrected chi connectivity index (χ2v) is 4.13. The minimum atomic E-state index is -0.787. The van der Waals surface area contributed by atoms with Crippen LogP contribution in [0, 0.1) is 0 Å². The van der Waals surface area contributed by atoms with Crippen LogP contribution >= 0.6 is 0 Å². The van der Waals surface area contributed by atoms with Crippen molar-refractivity contribution in [3.8, 4) is 11.5 Å². The number of nitrogens with one attached hydrogen (secondary N) is 3. The summed E-state index contributed by atoms with van der Waals surface area (Å²) < 4.78 is 4.93. The molecule has 0 aliphatic carbocycles. The lowest BCUT2D eigenvalue weighted by Gasteiger charge is -2.03. The summed E-state index contributed by atoms with van der Waals surface area (Å²) in [6.45, 7) is 0. The van der Waals surface area contributed by atoms with Gasteiger partial charge in [-0.2, -0.15) is 5.10 Å². The fourth-order valence-corrected chi connectivity index (χ4v) is 1.59. The van der Waals surface area contributed by atoms with E-state index in [4.69, 9.17) is 4.74 Å². The van der Waals surface area contributed by atoms with Gasteiger partial charge in [0, 0.05) is 6.07 Å². The Labute approximate surface area is 123 Å². The molecule has 1 heterocycles. The zero-order valence-corrected chi connectivity index (χ0v) is 11.4. The van der Waals surface area contributed by atoms with E-state index in [-0.39, 0.29) is 17.2 Å². The average Bonchev–Trinajstić information content (AvgIpc) is 2.47. The highest BCUT2D eigenvalue weighted by Crippen LogP contribution is 2.25. The van der Waals surface area contributed by atoms with Gasteiger partial charge in [0.2, 0.25) is 0 Å². The first kappa shape index (κ1) is 15.0. The smallest absolute Gasteiger partial charge is 0.326 e. The first-order valence-electron chi connectivity index (χ1n) is 6.03. The standard InChI is InChI=1S/C13H12N4O5/c1-22-10-4-7(2-3-9(10)18)6-14-17-12(20)8-5-11(19)16-13(21)15-8/h2-6,18H,1H3,(H,17,20)(H2,15,16,19,21). The van der Waals surface area contributed by atoms with Crippen molar-refractivity contribution in [3.05, 3.63) is 56.4 Å². The van der Waals surface area contributed by atoms with Crippen LogP contribution in [-0.2, 0) is 0 Å². The number of aromatic hydroxyl groups is 1. The Balaban J connectivity index is 2.10. The molecular formula is C13H12N4O5. The Hall–Kier alpha value is -3.36. The zero-order chi connectivity index (χ0) is 16.1. The van der Waals surface area contributed by atoms with E-state index in [0.29, 0.717) is 5.56 Å². The quantitative estimate of drug-likeness (QED) is 0.447. The van der Waals surface area contributed by atoms with E-state index < -0.39 is 17.2 Å². The molecule has 0 bridgehead atoms. The normalized spacial score (nSPS) is 10.6. The van der Waals surface area contributed by atoms with Crippen molar-refractivity contribution < 1.29 is 14.6 Å². The number of hydrazone groups is 1. The van der Waals surface area contributed by atoms with Crippen LogP contribution < -0.4 is 21.4 Å². The topological polar surface area (TPSA) is 137 Å². The largest absolute Gasteiger partial charge is 0.504 e. The number of carbonyl (C=O) groups excluding carboxylic acids is 1. The molecule has 2 rings (SSSR count). The summed E-state index contributed by atoms with van der Waals surface area (Å²) in [6, 6.07) is 5.43. The first-order chi connectivity index (χ1) is 10.5. The van der Waals surface area contributed by atoms with Crippen LogP contribution in [0.15, 0.2) is 39.0 Å². The number of hydrogen-bond acceptors (Lipinski definition) is 6. The number of methoxy groups -OCH3 is 1. The highest BCUT2D eigenvalue weighted by Gasteiger charge is 2.06. The maximum absolute atomic E-state index is 11.7. The molecule has 22 heavy (non-hydrogen) atoms. The Morgan fingerprint density at radius 2 is 2.09 bits per heavy atom. The van der Waals surface area contributed by atoms with E-state index in [1.807, 2.05) is 4.98 Å². The maximum Gasteiger partial charge on any atom is 0.326 e. The minimum absolute atomic E-state index is 0.0234. The Morgan fingerprint density at radius 1 is 1.32 bits per heavy atom. The number of benzene rings is 1. The summed E-state index contributed by atoms with van der Waals surface area (Å²) in [5.74, 6) is -0.510. The molecule has 0 saturated carbocycles. The van der Waals surface area contributed by atoms with Gasteiger partial charge in [0.1, 0.15) is 5.69 Å². The lowest BCUT2D eigenvalue weighted by Crippen LogP contribution is -2.28. The number of ether oxygens (including phenoxy) is 1. The van der Waals surface area contributed by atoms with E-state index in [9.17, 15) is 19.5 Å². The van der Waals surface area contributed by atoms with Crippen LogP contribution in [0.25, 0.3) is 0 Å². The Bertz CT molecular complexity index is 809. The molecule has 114 valence electrons. The molecule has 1 aromatic heterocycles. The van der Waals surface area contributed by atoms with Gasteiger partial charge in [0.15, 0.2) is 11.5 Å². The number of hydrogen-bond donors (Lipinski definition) is 4.